The van der Waals surface area contributed by atoms with Crippen molar-refractivity contribution in [3.63, 3.8) is 0 Å². The van der Waals surface area contributed by atoms with Crippen LogP contribution >= 0.6 is 0 Å². The molecule has 4 heteroatoms. The maximum Gasteiger partial charge on any atom is 0.224 e. The zero-order chi connectivity index (χ0) is 23.9. The number of amides is 1. The van der Waals surface area contributed by atoms with Gasteiger partial charge in [-0.15, -0.1) is 0 Å². The second kappa shape index (κ2) is 11.0. The van der Waals surface area contributed by atoms with Crippen molar-refractivity contribution in [2.24, 2.45) is 0 Å². The van der Waals surface area contributed by atoms with Crippen LogP contribution in [0.2, 0.25) is 0 Å². The number of carbonyl (C=O) groups excluding carboxylic acids is 1. The highest BCUT2D eigenvalue weighted by Crippen LogP contribution is 2.24. The zero-order valence-electron chi connectivity index (χ0n) is 20.0. The first-order valence-electron chi connectivity index (χ1n) is 12.5. The lowest BCUT2D eigenvalue weighted by atomic mass is 10.0. The van der Waals surface area contributed by atoms with Gasteiger partial charge in [0.2, 0.25) is 5.91 Å². The fraction of sp³-hybridized carbons (Fsp3) is 0.226. The zero-order valence-corrected chi connectivity index (χ0v) is 20.0. The standard InChI is InChI=1S/C31H31N3O/c35-31(22-24-12-3-1-4-13-24)32-21-10-2-5-20-30-33-28-18-8-9-19-29(28)34(30)23-26-16-11-15-25-14-6-7-17-27(25)26/h1,3-4,6-9,11-19H,2,5,10,20-23H2,(H,32,35). The van der Waals surface area contributed by atoms with Crippen LogP contribution in [0, 0.1) is 0 Å². The van der Waals surface area contributed by atoms with Crippen molar-refractivity contribution in [1.29, 1.82) is 0 Å². The van der Waals surface area contributed by atoms with E-state index in [9.17, 15) is 4.79 Å². The number of nitrogens with zero attached hydrogens (tertiary/aromatic N) is 2. The molecular weight excluding hydrogens is 430 g/mol. The number of para-hydroxylation sites is 2. The van der Waals surface area contributed by atoms with Gasteiger partial charge in [0.1, 0.15) is 5.82 Å². The fourth-order valence-electron chi connectivity index (χ4n) is 4.75. The molecule has 0 spiro atoms. The molecule has 0 aliphatic heterocycles. The van der Waals surface area contributed by atoms with Crippen molar-refractivity contribution >= 4 is 27.7 Å². The molecule has 35 heavy (non-hydrogen) atoms. The number of hydrogen-bond donors (Lipinski definition) is 1. The molecule has 0 aliphatic rings. The highest BCUT2D eigenvalue weighted by Gasteiger charge is 2.12. The van der Waals surface area contributed by atoms with Gasteiger partial charge in [-0.2, -0.15) is 0 Å². The topological polar surface area (TPSA) is 46.9 Å². The number of carbonyl (C=O) groups is 1. The van der Waals surface area contributed by atoms with E-state index >= 15 is 0 Å². The number of hydrogen-bond acceptors (Lipinski definition) is 2. The summed E-state index contributed by atoms with van der Waals surface area (Å²) in [5.41, 5.74) is 4.60. The molecule has 5 aromatic rings. The van der Waals surface area contributed by atoms with Crippen LogP contribution in [0.25, 0.3) is 21.8 Å². The van der Waals surface area contributed by atoms with E-state index in [0.29, 0.717) is 6.42 Å². The van der Waals surface area contributed by atoms with Gasteiger partial charge in [0, 0.05) is 19.5 Å². The van der Waals surface area contributed by atoms with E-state index in [2.05, 4.69) is 76.6 Å². The summed E-state index contributed by atoms with van der Waals surface area (Å²) in [6.07, 6.45) is 4.46. The highest BCUT2D eigenvalue weighted by molar-refractivity contribution is 5.86. The predicted octanol–water partition coefficient (Wildman–Crippen LogP) is 6.31. The molecule has 0 radical (unpaired) electrons. The highest BCUT2D eigenvalue weighted by atomic mass is 16.1. The average molecular weight is 462 g/mol. The van der Waals surface area contributed by atoms with Crippen LogP contribution in [-0.2, 0) is 24.2 Å². The Morgan fingerprint density at radius 3 is 2.46 bits per heavy atom. The molecule has 1 heterocycles. The Balaban J connectivity index is 1.20. The first-order chi connectivity index (χ1) is 17.3. The van der Waals surface area contributed by atoms with Gasteiger partial charge in [-0.1, -0.05) is 91.3 Å². The van der Waals surface area contributed by atoms with Crippen molar-refractivity contribution < 1.29 is 4.79 Å². The minimum absolute atomic E-state index is 0.0908. The molecule has 0 bridgehead atoms. The maximum atomic E-state index is 12.2. The molecule has 1 N–H and O–H groups in total. The van der Waals surface area contributed by atoms with Crippen LogP contribution in [0.3, 0.4) is 0 Å². The lowest BCUT2D eigenvalue weighted by Gasteiger charge is -2.12. The summed E-state index contributed by atoms with van der Waals surface area (Å²) >= 11 is 0. The Hall–Kier alpha value is -3.92. The van der Waals surface area contributed by atoms with Crippen LogP contribution in [0.5, 0.6) is 0 Å². The van der Waals surface area contributed by atoms with E-state index in [-0.39, 0.29) is 5.91 Å². The molecule has 176 valence electrons. The normalized spacial score (nSPS) is 11.2. The molecule has 0 atom stereocenters. The summed E-state index contributed by atoms with van der Waals surface area (Å²) in [5, 5.41) is 5.62. The SMILES string of the molecule is O=C(Cc1ccccc1)NCCCCCc1nc2ccccc2n1Cc1cccc2ccccc12. The van der Waals surface area contributed by atoms with E-state index in [0.717, 1.165) is 55.7 Å². The van der Waals surface area contributed by atoms with Crippen LogP contribution in [0.15, 0.2) is 97.1 Å². The van der Waals surface area contributed by atoms with Gasteiger partial charge < -0.3 is 9.88 Å². The Bertz CT molecular complexity index is 1420. The van der Waals surface area contributed by atoms with Crippen LogP contribution in [0.4, 0.5) is 0 Å². The summed E-state index contributed by atoms with van der Waals surface area (Å²) < 4.78 is 2.37. The second-order valence-electron chi connectivity index (χ2n) is 9.06. The van der Waals surface area contributed by atoms with Gasteiger partial charge in [0.05, 0.1) is 17.5 Å². The third-order valence-electron chi connectivity index (χ3n) is 6.55. The molecule has 4 aromatic carbocycles. The predicted molar refractivity (Wildman–Crippen MR) is 143 cm³/mol. The number of aromatic nitrogens is 2. The summed E-state index contributed by atoms with van der Waals surface area (Å²) in [4.78, 5) is 17.1. The van der Waals surface area contributed by atoms with Gasteiger partial charge in [-0.05, 0) is 46.9 Å². The van der Waals surface area contributed by atoms with Crippen molar-refractivity contribution in [3.05, 3.63) is 114 Å². The van der Waals surface area contributed by atoms with Crippen molar-refractivity contribution in [2.75, 3.05) is 6.54 Å². The second-order valence-corrected chi connectivity index (χ2v) is 9.06. The number of nitrogens with one attached hydrogen (secondary N) is 1. The van der Waals surface area contributed by atoms with Crippen LogP contribution < -0.4 is 5.32 Å². The van der Waals surface area contributed by atoms with Crippen molar-refractivity contribution in [1.82, 2.24) is 14.9 Å². The molecule has 0 saturated carbocycles. The van der Waals surface area contributed by atoms with E-state index in [1.807, 2.05) is 30.3 Å². The van der Waals surface area contributed by atoms with E-state index < -0.39 is 0 Å². The maximum absolute atomic E-state index is 12.2. The van der Waals surface area contributed by atoms with Gasteiger partial charge >= 0.3 is 0 Å². The molecule has 0 aliphatic carbocycles. The molecule has 1 aromatic heterocycles. The average Bonchev–Trinajstić information content (AvgIpc) is 3.24. The monoisotopic (exact) mass is 461 g/mol. The number of unbranched alkanes of at least 4 members (excludes halogenated alkanes) is 2. The Labute approximate surface area is 206 Å². The first kappa shape index (κ1) is 22.9. The van der Waals surface area contributed by atoms with Crippen LogP contribution in [-0.4, -0.2) is 22.0 Å². The molecular formula is C31H31N3O. The van der Waals surface area contributed by atoms with E-state index in [4.69, 9.17) is 4.98 Å². The molecule has 0 saturated heterocycles. The van der Waals surface area contributed by atoms with E-state index in [1.165, 1.54) is 21.9 Å². The molecule has 4 nitrogen and oxygen atoms in total. The van der Waals surface area contributed by atoms with Crippen LogP contribution in [0.1, 0.15) is 36.2 Å². The first-order valence-corrected chi connectivity index (χ1v) is 12.5. The van der Waals surface area contributed by atoms with Gasteiger partial charge in [0.15, 0.2) is 0 Å². The number of imidazole rings is 1. The summed E-state index contributed by atoms with van der Waals surface area (Å²) in [6.45, 7) is 1.53. The minimum atomic E-state index is 0.0908. The van der Waals surface area contributed by atoms with Gasteiger partial charge in [-0.25, -0.2) is 4.98 Å². The van der Waals surface area contributed by atoms with Crippen molar-refractivity contribution in [2.45, 2.75) is 38.6 Å². The lowest BCUT2D eigenvalue weighted by Crippen LogP contribution is -2.26. The number of rotatable bonds is 10. The molecule has 5 rings (SSSR count). The smallest absolute Gasteiger partial charge is 0.224 e. The summed E-state index contributed by atoms with van der Waals surface area (Å²) in [7, 11) is 0. The Kier molecular flexibility index (Phi) is 7.18. The molecule has 0 fully saturated rings. The van der Waals surface area contributed by atoms with E-state index in [1.54, 1.807) is 0 Å². The van der Waals surface area contributed by atoms with Crippen molar-refractivity contribution in [3.8, 4) is 0 Å². The molecule has 0 unspecified atom stereocenters. The summed E-state index contributed by atoms with van der Waals surface area (Å²) in [5.74, 6) is 1.22. The third kappa shape index (κ3) is 5.60. The number of fused-ring (bicyclic) bond motifs is 2. The summed E-state index contributed by atoms with van der Waals surface area (Å²) in [6, 6.07) is 33.4. The largest absolute Gasteiger partial charge is 0.356 e. The Morgan fingerprint density at radius 2 is 1.54 bits per heavy atom. The number of benzene rings is 4. The quantitative estimate of drug-likeness (QED) is 0.248. The number of aryl methyl sites for hydroxylation is 1. The fourth-order valence-corrected chi connectivity index (χ4v) is 4.75. The minimum Gasteiger partial charge on any atom is -0.356 e. The molecule has 1 amide bonds. The van der Waals surface area contributed by atoms with Gasteiger partial charge in [0.25, 0.3) is 0 Å². The van der Waals surface area contributed by atoms with Gasteiger partial charge in [-0.3, -0.25) is 4.79 Å². The third-order valence-corrected chi connectivity index (χ3v) is 6.55. The lowest BCUT2D eigenvalue weighted by molar-refractivity contribution is -0.120. The Morgan fingerprint density at radius 1 is 0.771 bits per heavy atom.